The summed E-state index contributed by atoms with van der Waals surface area (Å²) in [6.45, 7) is 10.6. The fourth-order valence-corrected chi connectivity index (χ4v) is 7.74. The fourth-order valence-electron chi connectivity index (χ4n) is 7.74. The molecule has 9 rings (SSSR count). The molecular formula is C56H56N7+3. The molecule has 0 atom stereocenters. The van der Waals surface area contributed by atoms with E-state index in [-0.39, 0.29) is 0 Å². The summed E-state index contributed by atoms with van der Waals surface area (Å²) in [5.74, 6) is 0.540. The molecule has 0 saturated heterocycles. The van der Waals surface area contributed by atoms with Crippen LogP contribution in [0, 0.1) is 34.6 Å². The number of aryl methyl sites for hydroxylation is 8. The first-order valence-corrected chi connectivity index (χ1v) is 21.2. The average Bonchev–Trinajstić information content (AvgIpc) is 3.29. The first kappa shape index (κ1) is 43.4. The van der Waals surface area contributed by atoms with Gasteiger partial charge in [0, 0.05) is 58.4 Å². The average molecular weight is 827 g/mol. The van der Waals surface area contributed by atoms with E-state index < -0.39 is 0 Å². The summed E-state index contributed by atoms with van der Waals surface area (Å²) in [4.78, 5) is 13.4. The molecule has 7 nitrogen and oxygen atoms in total. The second kappa shape index (κ2) is 19.8. The quantitative estimate of drug-likeness (QED) is 0.169. The molecule has 6 heterocycles. The monoisotopic (exact) mass is 826 g/mol. The van der Waals surface area contributed by atoms with Gasteiger partial charge in [0.1, 0.15) is 27.0 Å². The molecule has 0 fully saturated rings. The molecule has 0 aliphatic rings. The molecule has 0 saturated carbocycles. The van der Waals surface area contributed by atoms with Gasteiger partial charge in [0.15, 0.2) is 18.6 Å². The Labute approximate surface area is 372 Å². The third-order valence-electron chi connectivity index (χ3n) is 11.2. The lowest BCUT2D eigenvalue weighted by Crippen LogP contribution is -2.31. The number of rotatable bonds is 6. The molecule has 7 heteroatoms. The number of nitrogens with two attached hydrogens (primary N) is 1. The largest absolute Gasteiger partial charge is 0.384 e. The van der Waals surface area contributed by atoms with Gasteiger partial charge < -0.3 is 5.73 Å². The van der Waals surface area contributed by atoms with Crippen molar-refractivity contribution in [3.8, 4) is 67.5 Å². The van der Waals surface area contributed by atoms with Crippen LogP contribution in [0.25, 0.3) is 67.5 Å². The van der Waals surface area contributed by atoms with Crippen LogP contribution in [0.3, 0.4) is 0 Å². The third kappa shape index (κ3) is 10.5. The Balaban J connectivity index is 0.000000142. The van der Waals surface area contributed by atoms with Gasteiger partial charge >= 0.3 is 0 Å². The van der Waals surface area contributed by atoms with Crippen LogP contribution < -0.4 is 19.4 Å². The minimum Gasteiger partial charge on any atom is -0.384 e. The van der Waals surface area contributed by atoms with Gasteiger partial charge in [0.05, 0.1) is 28.2 Å². The summed E-state index contributed by atoms with van der Waals surface area (Å²) in [5, 5.41) is 0. The minimum absolute atomic E-state index is 0.540. The Kier molecular flexibility index (Phi) is 13.7. The molecule has 0 aliphatic heterocycles. The molecule has 0 aliphatic carbocycles. The highest BCUT2D eigenvalue weighted by Gasteiger charge is 2.18. The molecule has 0 radical (unpaired) electrons. The number of anilines is 1. The predicted molar refractivity (Wildman–Crippen MR) is 257 cm³/mol. The van der Waals surface area contributed by atoms with Crippen molar-refractivity contribution < 1.29 is 13.7 Å². The van der Waals surface area contributed by atoms with E-state index >= 15 is 0 Å². The van der Waals surface area contributed by atoms with E-state index in [1.165, 1.54) is 61.6 Å². The van der Waals surface area contributed by atoms with Gasteiger partial charge in [-0.1, -0.05) is 72.8 Å². The van der Waals surface area contributed by atoms with Crippen molar-refractivity contribution in [3.05, 3.63) is 210 Å². The molecule has 0 bridgehead atoms. The second-order valence-corrected chi connectivity index (χ2v) is 16.0. The topological polar surface area (TPSA) is 76.3 Å². The zero-order valence-electron chi connectivity index (χ0n) is 37.6. The summed E-state index contributed by atoms with van der Waals surface area (Å²) >= 11 is 0. The third-order valence-corrected chi connectivity index (χ3v) is 11.2. The van der Waals surface area contributed by atoms with E-state index in [9.17, 15) is 0 Å². The van der Waals surface area contributed by atoms with Crippen LogP contribution in [0.1, 0.15) is 27.9 Å². The Bertz CT molecular complexity index is 3010. The normalized spacial score (nSPS) is 10.6. The zero-order chi connectivity index (χ0) is 44.5. The van der Waals surface area contributed by atoms with E-state index in [2.05, 4.69) is 217 Å². The highest BCUT2D eigenvalue weighted by molar-refractivity contribution is 5.69. The van der Waals surface area contributed by atoms with Crippen molar-refractivity contribution in [2.24, 2.45) is 21.1 Å². The molecule has 0 unspecified atom stereocenters. The number of hydrogen-bond donors (Lipinski definition) is 1. The second-order valence-electron chi connectivity index (χ2n) is 16.0. The standard InChI is InChI=1S/2C19H19N2.C18H18N3/c1-14-8-4-5-9-16(14)19-12-15(2)17(13-21(19)3)18-10-6-7-11-20-18;1-14-7-4-5-9-17(14)19-13-16(11-12-21(19)3)18-10-6-8-15(2)20-18;1-13-6-3-4-7-15(13)17-11-10-14(12-21(17)2)16-8-5-9-18(19)20-16/h2*4-13H,1-3H3;3-12H,1-2H3,(H2,19,20)/q3*+1. The van der Waals surface area contributed by atoms with Crippen molar-refractivity contribution in [1.29, 1.82) is 0 Å². The fraction of sp³-hybridized carbons (Fsp3) is 0.143. The Hall–Kier alpha value is -7.64. The van der Waals surface area contributed by atoms with Gasteiger partial charge in [-0.15, -0.1) is 0 Å². The van der Waals surface area contributed by atoms with Crippen LogP contribution >= 0.6 is 0 Å². The molecule has 63 heavy (non-hydrogen) atoms. The lowest BCUT2D eigenvalue weighted by atomic mass is 10.0. The number of nitrogen functional groups attached to an aromatic ring is 1. The molecule has 9 aromatic rings. The summed E-state index contributed by atoms with van der Waals surface area (Å²) < 4.78 is 6.46. The molecule has 0 spiro atoms. The molecule has 2 N–H and O–H groups in total. The van der Waals surface area contributed by atoms with E-state index in [1.54, 1.807) is 6.07 Å². The van der Waals surface area contributed by atoms with Gasteiger partial charge in [0.25, 0.3) is 0 Å². The first-order chi connectivity index (χ1) is 30.5. The number of nitrogens with zero attached hydrogens (tertiary/aromatic N) is 6. The van der Waals surface area contributed by atoms with Gasteiger partial charge in [-0.3, -0.25) is 9.97 Å². The highest BCUT2D eigenvalue weighted by Crippen LogP contribution is 2.27. The lowest BCUT2D eigenvalue weighted by molar-refractivity contribution is -0.660. The maximum atomic E-state index is 5.76. The van der Waals surface area contributed by atoms with Crippen molar-refractivity contribution >= 4 is 5.82 Å². The molecule has 3 aromatic carbocycles. The SMILES string of the molecule is Cc1cc(-c2ccccc2C)[n+](C)cc1-c1ccccn1.Cc1cccc(-c2cc[n+](C)c(-c3ccccc3C)c2)n1.Cc1ccccc1-c1ccc(-c2cccc(N)n2)c[n+]1C. The van der Waals surface area contributed by atoms with Crippen LogP contribution in [0.2, 0.25) is 0 Å². The zero-order valence-corrected chi connectivity index (χ0v) is 37.6. The summed E-state index contributed by atoms with van der Waals surface area (Å²) in [5.41, 5.74) is 25.6. The van der Waals surface area contributed by atoms with Crippen molar-refractivity contribution in [2.45, 2.75) is 34.6 Å². The Morgan fingerprint density at radius 3 is 1.51 bits per heavy atom. The predicted octanol–water partition coefficient (Wildman–Crippen LogP) is 10.8. The summed E-state index contributed by atoms with van der Waals surface area (Å²) in [7, 11) is 6.22. The number of benzene rings is 3. The van der Waals surface area contributed by atoms with Gasteiger partial charge in [0.2, 0.25) is 17.1 Å². The summed E-state index contributed by atoms with van der Waals surface area (Å²) in [6.07, 6.45) is 8.19. The van der Waals surface area contributed by atoms with E-state index in [0.717, 1.165) is 33.9 Å². The van der Waals surface area contributed by atoms with E-state index in [4.69, 9.17) is 5.73 Å². The maximum absolute atomic E-state index is 5.76. The Morgan fingerprint density at radius 2 is 0.937 bits per heavy atom. The van der Waals surface area contributed by atoms with E-state index in [0.29, 0.717) is 5.82 Å². The van der Waals surface area contributed by atoms with Crippen LogP contribution in [-0.2, 0) is 21.1 Å². The molecule has 312 valence electrons. The van der Waals surface area contributed by atoms with Crippen LogP contribution in [0.4, 0.5) is 5.82 Å². The highest BCUT2D eigenvalue weighted by atomic mass is 14.9. The number of hydrogen-bond acceptors (Lipinski definition) is 4. The number of aromatic nitrogens is 6. The smallest absolute Gasteiger partial charge is 0.213 e. The van der Waals surface area contributed by atoms with Crippen LogP contribution in [-0.4, -0.2) is 15.0 Å². The number of pyridine rings is 6. The summed E-state index contributed by atoms with van der Waals surface area (Å²) in [6, 6.07) is 54.0. The Morgan fingerprint density at radius 1 is 0.397 bits per heavy atom. The molecular weight excluding hydrogens is 771 g/mol. The maximum Gasteiger partial charge on any atom is 0.213 e. The van der Waals surface area contributed by atoms with Crippen molar-refractivity contribution in [1.82, 2.24) is 15.0 Å². The molecule has 0 amide bonds. The van der Waals surface area contributed by atoms with Gasteiger partial charge in [-0.2, -0.15) is 0 Å². The van der Waals surface area contributed by atoms with E-state index in [1.807, 2.05) is 43.5 Å². The van der Waals surface area contributed by atoms with Crippen molar-refractivity contribution in [2.75, 3.05) is 5.73 Å². The molecule has 6 aromatic heterocycles. The lowest BCUT2D eigenvalue weighted by Gasteiger charge is -2.08. The van der Waals surface area contributed by atoms with Crippen LogP contribution in [0.5, 0.6) is 0 Å². The van der Waals surface area contributed by atoms with Crippen LogP contribution in [0.15, 0.2) is 183 Å². The first-order valence-electron chi connectivity index (χ1n) is 21.2. The minimum atomic E-state index is 0.540. The van der Waals surface area contributed by atoms with Gasteiger partial charge in [-0.25, -0.2) is 18.7 Å². The van der Waals surface area contributed by atoms with Crippen molar-refractivity contribution in [3.63, 3.8) is 0 Å². The van der Waals surface area contributed by atoms with Gasteiger partial charge in [-0.05, 0) is 118 Å².